The molecule has 9 nitrogen and oxygen atoms in total. The van der Waals surface area contributed by atoms with Crippen molar-refractivity contribution in [2.24, 2.45) is 5.16 Å². The van der Waals surface area contributed by atoms with Gasteiger partial charge < -0.3 is 9.94 Å². The largest absolute Gasteiger partial charge is 0.393 e. The topological polar surface area (TPSA) is 138 Å². The number of amides is 1. The smallest absolute Gasteiger partial charge is 0.264 e. The van der Waals surface area contributed by atoms with Crippen molar-refractivity contribution in [2.45, 2.75) is 50.1 Å². The maximum Gasteiger partial charge on any atom is 0.264 e. The molecule has 0 bridgehead atoms. The Kier molecular flexibility index (Phi) is 7.15. The van der Waals surface area contributed by atoms with E-state index in [0.29, 0.717) is 34.5 Å². The van der Waals surface area contributed by atoms with Crippen molar-refractivity contribution >= 4 is 21.5 Å². The number of rotatable bonds is 8. The summed E-state index contributed by atoms with van der Waals surface area (Å²) in [7, 11) is -3.88. The number of aromatic nitrogens is 1. The Morgan fingerprint density at radius 1 is 1.33 bits per heavy atom. The van der Waals surface area contributed by atoms with Gasteiger partial charge >= 0.3 is 0 Å². The molecule has 2 aromatic rings. The van der Waals surface area contributed by atoms with E-state index in [2.05, 4.69) is 10.1 Å². The zero-order valence-electron chi connectivity index (χ0n) is 18.4. The number of halogens is 1. The minimum absolute atomic E-state index is 0.165. The number of hydrogen-bond acceptors (Lipinski definition) is 8. The van der Waals surface area contributed by atoms with Gasteiger partial charge in [0.05, 0.1) is 11.8 Å². The lowest BCUT2D eigenvalue weighted by Crippen LogP contribution is -2.51. The Morgan fingerprint density at radius 2 is 2.03 bits per heavy atom. The number of nitrogens with zero attached hydrogens (tertiary/aromatic N) is 2. The molecular formula is C22H26FN3O6S. The average molecular weight is 480 g/mol. The van der Waals surface area contributed by atoms with E-state index >= 15 is 0 Å². The van der Waals surface area contributed by atoms with E-state index in [4.69, 9.17) is 10.0 Å². The van der Waals surface area contributed by atoms with Crippen LogP contribution >= 0.6 is 0 Å². The first-order valence-electron chi connectivity index (χ1n) is 10.2. The lowest BCUT2D eigenvalue weighted by Gasteiger charge is -2.26. The molecule has 1 amide bonds. The van der Waals surface area contributed by atoms with Crippen molar-refractivity contribution < 1.29 is 32.8 Å². The second-order valence-electron chi connectivity index (χ2n) is 8.40. The summed E-state index contributed by atoms with van der Waals surface area (Å²) in [5, 5.41) is 22.3. The average Bonchev–Trinajstić information content (AvgIpc) is 3.20. The highest BCUT2D eigenvalue weighted by molar-refractivity contribution is 7.92. The van der Waals surface area contributed by atoms with Gasteiger partial charge in [-0.1, -0.05) is 23.4 Å². The third kappa shape index (κ3) is 5.37. The molecule has 1 aliphatic heterocycles. The minimum Gasteiger partial charge on any atom is -0.393 e. The van der Waals surface area contributed by atoms with Crippen LogP contribution in [0.1, 0.15) is 37.9 Å². The van der Waals surface area contributed by atoms with E-state index in [9.17, 15) is 22.7 Å². The summed E-state index contributed by atoms with van der Waals surface area (Å²) < 4.78 is 37.2. The number of hydroxylamine groups is 1. The Hall–Kier alpha value is -2.89. The standard InChI is InChI=1S/C22H26FN3O6S/c1-13(27)8-16-6-4-15(12-24-16)18-7-5-14(9-19(18)23)20-10-17(32-26-20)11-22(2,21(28)25-29)33(3,30)31/h4-7,9,12-13,17,27,29H,8,10-11H2,1-3H3,(H,25,28)/t13-,17-,22-/m1/s1. The van der Waals surface area contributed by atoms with E-state index in [1.165, 1.54) is 18.5 Å². The molecule has 1 aromatic heterocycles. The molecule has 0 fully saturated rings. The molecule has 11 heteroatoms. The van der Waals surface area contributed by atoms with Crippen LogP contribution in [-0.4, -0.2) is 58.5 Å². The summed E-state index contributed by atoms with van der Waals surface area (Å²) in [6.07, 6.45) is 1.51. The molecule has 3 rings (SSSR count). The highest BCUT2D eigenvalue weighted by Gasteiger charge is 2.47. The van der Waals surface area contributed by atoms with E-state index in [1.54, 1.807) is 37.4 Å². The number of hydrogen-bond donors (Lipinski definition) is 3. The van der Waals surface area contributed by atoms with Crippen LogP contribution in [0.2, 0.25) is 0 Å². The second kappa shape index (κ2) is 9.54. The molecule has 0 unspecified atom stereocenters. The van der Waals surface area contributed by atoms with Gasteiger partial charge in [0.25, 0.3) is 5.91 Å². The Morgan fingerprint density at radius 3 is 2.58 bits per heavy atom. The van der Waals surface area contributed by atoms with E-state index in [0.717, 1.165) is 6.26 Å². The van der Waals surface area contributed by atoms with Crippen LogP contribution in [-0.2, 0) is 25.9 Å². The van der Waals surface area contributed by atoms with Crippen molar-refractivity contribution in [1.82, 2.24) is 10.5 Å². The first kappa shape index (κ1) is 24.7. The van der Waals surface area contributed by atoms with Crippen molar-refractivity contribution in [3.63, 3.8) is 0 Å². The van der Waals surface area contributed by atoms with E-state index < -0.39 is 38.5 Å². The Balaban J connectivity index is 1.74. The molecule has 3 N–H and O–H groups in total. The van der Waals surface area contributed by atoms with Crippen molar-refractivity contribution in [2.75, 3.05) is 6.26 Å². The molecule has 178 valence electrons. The van der Waals surface area contributed by atoms with Gasteiger partial charge in [0.15, 0.2) is 14.6 Å². The summed E-state index contributed by atoms with van der Waals surface area (Å²) in [6.45, 7) is 2.86. The molecule has 33 heavy (non-hydrogen) atoms. The van der Waals surface area contributed by atoms with Gasteiger partial charge in [-0.05, 0) is 26.0 Å². The van der Waals surface area contributed by atoms with Crippen molar-refractivity contribution in [1.29, 1.82) is 0 Å². The molecule has 0 radical (unpaired) electrons. The molecule has 3 atom stereocenters. The summed E-state index contributed by atoms with van der Waals surface area (Å²) >= 11 is 0. The maximum atomic E-state index is 14.9. The number of carbonyl (C=O) groups excluding carboxylic acids is 1. The maximum absolute atomic E-state index is 14.9. The number of aliphatic hydroxyl groups excluding tert-OH is 1. The van der Waals surface area contributed by atoms with Crippen LogP contribution in [0.15, 0.2) is 41.7 Å². The monoisotopic (exact) mass is 479 g/mol. The zero-order valence-corrected chi connectivity index (χ0v) is 19.3. The first-order chi connectivity index (χ1) is 15.4. The highest BCUT2D eigenvalue weighted by atomic mass is 32.2. The number of aliphatic hydroxyl groups is 1. The number of carbonyl (C=O) groups is 1. The quantitative estimate of drug-likeness (QED) is 0.389. The molecule has 0 saturated heterocycles. The summed E-state index contributed by atoms with van der Waals surface area (Å²) in [4.78, 5) is 21.6. The van der Waals surface area contributed by atoms with Crippen LogP contribution in [0.25, 0.3) is 11.1 Å². The van der Waals surface area contributed by atoms with Gasteiger partial charge in [-0.25, -0.2) is 18.3 Å². The van der Waals surface area contributed by atoms with Crippen molar-refractivity contribution in [3.8, 4) is 11.1 Å². The van der Waals surface area contributed by atoms with Crippen LogP contribution < -0.4 is 5.48 Å². The Labute approximate surface area is 191 Å². The van der Waals surface area contributed by atoms with Gasteiger partial charge in [-0.2, -0.15) is 0 Å². The normalized spacial score (nSPS) is 18.7. The predicted molar refractivity (Wildman–Crippen MR) is 119 cm³/mol. The second-order valence-corrected chi connectivity index (χ2v) is 10.8. The van der Waals surface area contributed by atoms with Gasteiger partial charge in [-0.15, -0.1) is 0 Å². The fraction of sp³-hybridized carbons (Fsp3) is 0.409. The van der Waals surface area contributed by atoms with Crippen molar-refractivity contribution in [3.05, 3.63) is 53.6 Å². The van der Waals surface area contributed by atoms with Gasteiger partial charge in [0.2, 0.25) is 0 Å². The van der Waals surface area contributed by atoms with Gasteiger partial charge in [-0.3, -0.25) is 15.0 Å². The number of sulfone groups is 1. The summed E-state index contributed by atoms with van der Waals surface area (Å²) in [5.41, 5.74) is 3.89. The van der Waals surface area contributed by atoms with Crippen LogP contribution in [0.5, 0.6) is 0 Å². The number of oxime groups is 1. The summed E-state index contributed by atoms with van der Waals surface area (Å²) in [5.74, 6) is -1.56. The summed E-state index contributed by atoms with van der Waals surface area (Å²) in [6, 6.07) is 8.03. The van der Waals surface area contributed by atoms with Gasteiger partial charge in [0, 0.05) is 54.1 Å². The third-order valence-corrected chi connectivity index (χ3v) is 7.68. The highest BCUT2D eigenvalue weighted by Crippen LogP contribution is 2.30. The molecule has 2 heterocycles. The van der Waals surface area contributed by atoms with E-state index in [1.807, 2.05) is 0 Å². The zero-order chi connectivity index (χ0) is 24.4. The number of pyridine rings is 1. The fourth-order valence-corrected chi connectivity index (χ4v) is 4.48. The SMILES string of the molecule is C[C@@H](O)Cc1ccc(-c2ccc(C3=NO[C@@H](C[C@](C)(C(=O)NO)S(C)(=O)=O)C3)cc2F)cn1. The molecule has 0 aliphatic carbocycles. The first-order valence-corrected chi connectivity index (χ1v) is 12.1. The predicted octanol–water partition coefficient (Wildman–Crippen LogP) is 2.00. The minimum atomic E-state index is -3.88. The molecule has 0 spiro atoms. The molecule has 1 aliphatic rings. The third-order valence-electron chi connectivity index (χ3n) is 5.69. The lowest BCUT2D eigenvalue weighted by molar-refractivity contribution is -0.132. The van der Waals surface area contributed by atoms with Crippen LogP contribution in [0.4, 0.5) is 4.39 Å². The molecular weight excluding hydrogens is 453 g/mol. The fourth-order valence-electron chi connectivity index (χ4n) is 3.61. The molecule has 0 saturated carbocycles. The number of benzene rings is 1. The lowest BCUT2D eigenvalue weighted by atomic mass is 9.95. The van der Waals surface area contributed by atoms with E-state index in [-0.39, 0.29) is 12.8 Å². The van der Waals surface area contributed by atoms with Gasteiger partial charge in [0.1, 0.15) is 11.9 Å². The van der Waals surface area contributed by atoms with Crippen LogP contribution in [0.3, 0.4) is 0 Å². The molecule has 1 aromatic carbocycles. The Bertz CT molecular complexity index is 1170. The number of nitrogens with one attached hydrogen (secondary N) is 1. The van der Waals surface area contributed by atoms with Crippen LogP contribution in [0, 0.1) is 5.82 Å².